The summed E-state index contributed by atoms with van der Waals surface area (Å²) in [4.78, 5) is 14.4. The van der Waals surface area contributed by atoms with E-state index in [1.165, 1.54) is 12.1 Å². The van der Waals surface area contributed by atoms with Gasteiger partial charge < -0.3 is 14.6 Å². The third-order valence-electron chi connectivity index (χ3n) is 4.62. The molecule has 0 aliphatic carbocycles. The molecule has 0 unspecified atom stereocenters. The van der Waals surface area contributed by atoms with Crippen molar-refractivity contribution in [2.75, 3.05) is 26.3 Å². The van der Waals surface area contributed by atoms with E-state index in [0.29, 0.717) is 30.5 Å². The van der Waals surface area contributed by atoms with Gasteiger partial charge in [0, 0.05) is 37.2 Å². The number of hydrogen-bond acceptors (Lipinski definition) is 5. The minimum absolute atomic E-state index is 0.00941. The summed E-state index contributed by atoms with van der Waals surface area (Å²) in [5.74, 6) is 0.264. The number of nitrogens with one attached hydrogen (secondary N) is 1. The number of hydrogen-bond donors (Lipinski definition) is 1. The first-order chi connectivity index (χ1) is 12.6. The molecule has 1 fully saturated rings. The molecule has 0 spiro atoms. The summed E-state index contributed by atoms with van der Waals surface area (Å²) in [5, 5.41) is 6.82. The van der Waals surface area contributed by atoms with Crippen LogP contribution in [0.1, 0.15) is 25.5 Å². The van der Waals surface area contributed by atoms with Gasteiger partial charge >= 0.3 is 0 Å². The number of ether oxygens (including phenoxy) is 1. The zero-order chi connectivity index (χ0) is 18.4. The minimum Gasteiger partial charge on any atom is -0.379 e. The van der Waals surface area contributed by atoms with Crippen LogP contribution >= 0.6 is 0 Å². The van der Waals surface area contributed by atoms with E-state index in [2.05, 4.69) is 22.3 Å². The van der Waals surface area contributed by atoms with Gasteiger partial charge in [-0.3, -0.25) is 9.69 Å². The quantitative estimate of drug-likeness (QED) is 0.821. The van der Waals surface area contributed by atoms with Crippen LogP contribution in [0.15, 0.2) is 34.9 Å². The average molecular weight is 361 g/mol. The maximum atomic E-state index is 13.0. The maximum absolute atomic E-state index is 13.0. The largest absolute Gasteiger partial charge is 0.379 e. The Kier molecular flexibility index (Phi) is 6.35. The topological polar surface area (TPSA) is 67.6 Å². The second kappa shape index (κ2) is 8.91. The van der Waals surface area contributed by atoms with Crippen molar-refractivity contribution in [3.63, 3.8) is 0 Å². The molecular weight excluding hydrogens is 337 g/mol. The lowest BCUT2D eigenvalue weighted by Crippen LogP contribution is -2.42. The van der Waals surface area contributed by atoms with Crippen LogP contribution in [0.5, 0.6) is 0 Å². The normalized spacial score (nSPS) is 16.4. The van der Waals surface area contributed by atoms with Gasteiger partial charge in [-0.2, -0.15) is 0 Å². The number of rotatable bonds is 7. The molecule has 1 amide bonds. The molecule has 1 saturated heterocycles. The van der Waals surface area contributed by atoms with Crippen LogP contribution in [0.4, 0.5) is 4.39 Å². The Bertz CT molecular complexity index is 711. The zero-order valence-electron chi connectivity index (χ0n) is 14.9. The van der Waals surface area contributed by atoms with Gasteiger partial charge in [0.25, 0.3) is 0 Å². The van der Waals surface area contributed by atoms with Gasteiger partial charge in [-0.25, -0.2) is 4.39 Å². The summed E-state index contributed by atoms with van der Waals surface area (Å²) in [6, 6.07) is 8.15. The fourth-order valence-corrected chi connectivity index (χ4v) is 2.97. The number of amides is 1. The van der Waals surface area contributed by atoms with Crippen molar-refractivity contribution in [3.05, 3.63) is 41.9 Å². The van der Waals surface area contributed by atoms with Gasteiger partial charge in [-0.1, -0.05) is 5.16 Å². The third-order valence-corrected chi connectivity index (χ3v) is 4.62. The van der Waals surface area contributed by atoms with E-state index in [9.17, 15) is 9.18 Å². The molecule has 1 N–H and O–H groups in total. The van der Waals surface area contributed by atoms with Gasteiger partial charge in [-0.05, 0) is 37.6 Å². The standard InChI is InChI=1S/C19H24FN3O3/c1-14(23-8-10-25-11-9-23)2-7-19(24)21-13-17-12-18(22-26-17)15-3-5-16(20)6-4-15/h3-6,12,14H,2,7-11,13H2,1H3,(H,21,24)/t14-/m0/s1. The van der Waals surface area contributed by atoms with Crippen LogP contribution in [-0.2, 0) is 16.1 Å². The monoisotopic (exact) mass is 361 g/mol. The summed E-state index contributed by atoms with van der Waals surface area (Å²) in [7, 11) is 0. The van der Waals surface area contributed by atoms with Crippen LogP contribution in [0.3, 0.4) is 0 Å². The number of benzene rings is 1. The van der Waals surface area contributed by atoms with Gasteiger partial charge in [0.2, 0.25) is 5.91 Å². The molecule has 2 heterocycles. The highest BCUT2D eigenvalue weighted by atomic mass is 19.1. The molecule has 1 aromatic carbocycles. The molecular formula is C19H24FN3O3. The predicted octanol–water partition coefficient (Wildman–Crippen LogP) is 2.60. The Morgan fingerprint density at radius 3 is 2.77 bits per heavy atom. The Hall–Kier alpha value is -2.25. The summed E-state index contributed by atoms with van der Waals surface area (Å²) >= 11 is 0. The Morgan fingerprint density at radius 2 is 2.04 bits per heavy atom. The molecule has 1 aliphatic heterocycles. The number of aromatic nitrogens is 1. The van der Waals surface area contributed by atoms with Crippen molar-refractivity contribution in [2.45, 2.75) is 32.4 Å². The highest BCUT2D eigenvalue weighted by molar-refractivity contribution is 5.75. The van der Waals surface area contributed by atoms with Crippen LogP contribution in [0.2, 0.25) is 0 Å². The Balaban J connectivity index is 1.42. The van der Waals surface area contributed by atoms with Crippen molar-refractivity contribution in [1.29, 1.82) is 0 Å². The smallest absolute Gasteiger partial charge is 0.220 e. The molecule has 0 bridgehead atoms. The third kappa shape index (κ3) is 5.12. The van der Waals surface area contributed by atoms with E-state index < -0.39 is 0 Å². The second-order valence-electron chi connectivity index (χ2n) is 6.50. The maximum Gasteiger partial charge on any atom is 0.220 e. The van der Waals surface area contributed by atoms with Gasteiger partial charge in [0.1, 0.15) is 11.5 Å². The minimum atomic E-state index is -0.295. The van der Waals surface area contributed by atoms with E-state index >= 15 is 0 Å². The number of carbonyl (C=O) groups is 1. The number of carbonyl (C=O) groups excluding carboxylic acids is 1. The molecule has 3 rings (SSSR count). The first-order valence-electron chi connectivity index (χ1n) is 8.92. The molecule has 1 atom stereocenters. The lowest BCUT2D eigenvalue weighted by atomic mass is 10.1. The van der Waals surface area contributed by atoms with Crippen LogP contribution in [0, 0.1) is 5.82 Å². The Labute approximate surface area is 152 Å². The van der Waals surface area contributed by atoms with Gasteiger partial charge in [0.15, 0.2) is 5.76 Å². The van der Waals surface area contributed by atoms with Crippen molar-refractivity contribution >= 4 is 5.91 Å². The fraction of sp³-hybridized carbons (Fsp3) is 0.474. The van der Waals surface area contributed by atoms with Crippen LogP contribution < -0.4 is 5.32 Å². The van der Waals surface area contributed by atoms with E-state index in [0.717, 1.165) is 38.3 Å². The van der Waals surface area contributed by atoms with Gasteiger partial charge in [-0.15, -0.1) is 0 Å². The molecule has 26 heavy (non-hydrogen) atoms. The van der Waals surface area contributed by atoms with Crippen LogP contribution in [0.25, 0.3) is 11.3 Å². The van der Waals surface area contributed by atoms with Crippen LogP contribution in [-0.4, -0.2) is 48.3 Å². The van der Waals surface area contributed by atoms with Gasteiger partial charge in [0.05, 0.1) is 19.8 Å². The summed E-state index contributed by atoms with van der Waals surface area (Å²) < 4.78 is 23.6. The Morgan fingerprint density at radius 1 is 1.31 bits per heavy atom. The number of nitrogens with zero attached hydrogens (tertiary/aromatic N) is 2. The van der Waals surface area contributed by atoms with E-state index in [-0.39, 0.29) is 11.7 Å². The number of halogens is 1. The lowest BCUT2D eigenvalue weighted by Gasteiger charge is -2.32. The molecule has 7 heteroatoms. The molecule has 1 aliphatic rings. The highest BCUT2D eigenvalue weighted by Gasteiger charge is 2.18. The van der Waals surface area contributed by atoms with Crippen molar-refractivity contribution in [1.82, 2.24) is 15.4 Å². The van der Waals surface area contributed by atoms with Crippen molar-refractivity contribution in [3.8, 4) is 11.3 Å². The van der Waals surface area contributed by atoms with E-state index in [1.807, 2.05) is 0 Å². The van der Waals surface area contributed by atoms with E-state index in [4.69, 9.17) is 9.26 Å². The first kappa shape index (κ1) is 18.5. The second-order valence-corrected chi connectivity index (χ2v) is 6.50. The summed E-state index contributed by atoms with van der Waals surface area (Å²) in [5.41, 5.74) is 1.39. The molecule has 140 valence electrons. The van der Waals surface area contributed by atoms with Crippen molar-refractivity contribution < 1.29 is 18.4 Å². The summed E-state index contributed by atoms with van der Waals surface area (Å²) in [6.45, 7) is 5.81. The summed E-state index contributed by atoms with van der Waals surface area (Å²) in [6.07, 6.45) is 1.28. The zero-order valence-corrected chi connectivity index (χ0v) is 14.9. The lowest BCUT2D eigenvalue weighted by molar-refractivity contribution is -0.121. The average Bonchev–Trinajstić information content (AvgIpc) is 3.14. The van der Waals surface area contributed by atoms with Crippen molar-refractivity contribution in [2.24, 2.45) is 0 Å². The molecule has 1 aromatic heterocycles. The molecule has 0 radical (unpaired) electrons. The highest BCUT2D eigenvalue weighted by Crippen LogP contribution is 2.19. The SMILES string of the molecule is C[C@@H](CCC(=O)NCc1cc(-c2ccc(F)cc2)no1)N1CCOCC1. The molecule has 2 aromatic rings. The fourth-order valence-electron chi connectivity index (χ4n) is 2.97. The van der Waals surface area contributed by atoms with E-state index in [1.54, 1.807) is 18.2 Å². The predicted molar refractivity (Wildman–Crippen MR) is 94.8 cm³/mol. The first-order valence-corrected chi connectivity index (χ1v) is 8.92. The molecule has 0 saturated carbocycles. The molecule has 6 nitrogen and oxygen atoms in total. The number of morpholine rings is 1.